The number of nitrogens with two attached hydrogens (primary N) is 1. The molecule has 1 aromatic heterocycles. The number of rotatable bonds is 3. The minimum atomic E-state index is -0.489. The molecule has 0 unspecified atom stereocenters. The van der Waals surface area contributed by atoms with Gasteiger partial charge in [-0.15, -0.1) is 0 Å². The Balaban J connectivity index is 1.88. The predicted molar refractivity (Wildman–Crippen MR) is 73.6 cm³/mol. The summed E-state index contributed by atoms with van der Waals surface area (Å²) >= 11 is 0. The molecular weight excluding hydrogens is 256 g/mol. The third-order valence-corrected chi connectivity index (χ3v) is 3.99. The van der Waals surface area contributed by atoms with E-state index in [2.05, 4.69) is 4.98 Å². The van der Waals surface area contributed by atoms with E-state index in [1.807, 2.05) is 0 Å². The van der Waals surface area contributed by atoms with Crippen molar-refractivity contribution in [3.8, 4) is 5.88 Å². The van der Waals surface area contributed by atoms with Gasteiger partial charge in [0.2, 0.25) is 5.88 Å². The summed E-state index contributed by atoms with van der Waals surface area (Å²) in [5.41, 5.74) is 7.74. The largest absolute Gasteiger partial charge is 0.474 e. The quantitative estimate of drug-likeness (QED) is 0.915. The SMILES string of the molecule is NC(=O)c1cc2c(nc1OC1CCCCC1)CCOC2. The molecule has 2 heterocycles. The average Bonchev–Trinajstić information content (AvgIpc) is 2.47. The molecule has 2 aliphatic rings. The Bertz CT molecular complexity index is 510. The Morgan fingerprint density at radius 1 is 1.35 bits per heavy atom. The average molecular weight is 276 g/mol. The van der Waals surface area contributed by atoms with Gasteiger partial charge in [0.05, 0.1) is 18.9 Å². The first-order valence-electron chi connectivity index (χ1n) is 7.31. The minimum Gasteiger partial charge on any atom is -0.474 e. The number of aromatic nitrogens is 1. The van der Waals surface area contributed by atoms with E-state index in [9.17, 15) is 4.79 Å². The highest BCUT2D eigenvalue weighted by molar-refractivity contribution is 5.95. The van der Waals surface area contributed by atoms with Gasteiger partial charge < -0.3 is 15.2 Å². The number of hydrogen-bond donors (Lipinski definition) is 1. The summed E-state index contributed by atoms with van der Waals surface area (Å²) < 4.78 is 11.3. The van der Waals surface area contributed by atoms with Crippen LogP contribution in [-0.2, 0) is 17.8 Å². The Hall–Kier alpha value is -1.62. The second-order valence-corrected chi connectivity index (χ2v) is 5.49. The van der Waals surface area contributed by atoms with Gasteiger partial charge in [-0.3, -0.25) is 4.79 Å². The van der Waals surface area contributed by atoms with Gasteiger partial charge in [-0.05, 0) is 31.7 Å². The number of carbonyl (C=O) groups excluding carboxylic acids is 1. The first kappa shape index (κ1) is 13.4. The highest BCUT2D eigenvalue weighted by Gasteiger charge is 2.22. The molecule has 0 saturated heterocycles. The molecule has 0 spiro atoms. The third kappa shape index (κ3) is 2.77. The normalized spacial score (nSPS) is 19.4. The number of carbonyl (C=O) groups is 1. The zero-order valence-electron chi connectivity index (χ0n) is 11.6. The lowest BCUT2D eigenvalue weighted by molar-refractivity contribution is 0.0973. The van der Waals surface area contributed by atoms with Crippen molar-refractivity contribution in [3.05, 3.63) is 22.9 Å². The monoisotopic (exact) mass is 276 g/mol. The summed E-state index contributed by atoms with van der Waals surface area (Å²) in [6.45, 7) is 1.16. The molecule has 5 heteroatoms. The maximum atomic E-state index is 11.6. The first-order chi connectivity index (χ1) is 9.74. The van der Waals surface area contributed by atoms with Crippen LogP contribution in [0, 0.1) is 0 Å². The van der Waals surface area contributed by atoms with Crippen molar-refractivity contribution in [2.75, 3.05) is 6.61 Å². The molecule has 1 aliphatic heterocycles. The van der Waals surface area contributed by atoms with Crippen LogP contribution < -0.4 is 10.5 Å². The van der Waals surface area contributed by atoms with Crippen molar-refractivity contribution in [3.63, 3.8) is 0 Å². The van der Waals surface area contributed by atoms with E-state index in [4.69, 9.17) is 15.2 Å². The molecule has 2 N–H and O–H groups in total. The predicted octanol–water partition coefficient (Wildman–Crippen LogP) is 1.96. The Labute approximate surface area is 118 Å². The van der Waals surface area contributed by atoms with Gasteiger partial charge in [0.25, 0.3) is 5.91 Å². The Morgan fingerprint density at radius 2 is 2.15 bits per heavy atom. The molecule has 1 aromatic rings. The van der Waals surface area contributed by atoms with Gasteiger partial charge >= 0.3 is 0 Å². The topological polar surface area (TPSA) is 74.4 Å². The lowest BCUT2D eigenvalue weighted by Gasteiger charge is -2.24. The fraction of sp³-hybridized carbons (Fsp3) is 0.600. The molecule has 108 valence electrons. The maximum Gasteiger partial charge on any atom is 0.254 e. The van der Waals surface area contributed by atoms with Crippen molar-refractivity contribution in [1.82, 2.24) is 4.98 Å². The molecule has 20 heavy (non-hydrogen) atoms. The van der Waals surface area contributed by atoms with Crippen LogP contribution in [-0.4, -0.2) is 23.6 Å². The molecule has 0 atom stereocenters. The lowest BCUT2D eigenvalue weighted by atomic mass is 9.98. The van der Waals surface area contributed by atoms with Crippen LogP contribution in [0.5, 0.6) is 5.88 Å². The van der Waals surface area contributed by atoms with Gasteiger partial charge in [-0.2, -0.15) is 0 Å². The summed E-state index contributed by atoms with van der Waals surface area (Å²) in [4.78, 5) is 16.1. The van der Waals surface area contributed by atoms with Gasteiger partial charge in [0.15, 0.2) is 0 Å². The van der Waals surface area contributed by atoms with Gasteiger partial charge in [0.1, 0.15) is 11.7 Å². The molecule has 0 radical (unpaired) electrons. The molecule has 0 bridgehead atoms. The van der Waals surface area contributed by atoms with Crippen molar-refractivity contribution in [2.24, 2.45) is 5.73 Å². The highest BCUT2D eigenvalue weighted by Crippen LogP contribution is 2.27. The molecule has 0 aromatic carbocycles. The summed E-state index contributed by atoms with van der Waals surface area (Å²) in [5, 5.41) is 0. The number of hydrogen-bond acceptors (Lipinski definition) is 4. The molecular formula is C15H20N2O3. The van der Waals surface area contributed by atoms with Crippen LogP contribution in [0.25, 0.3) is 0 Å². The number of ether oxygens (including phenoxy) is 2. The second kappa shape index (κ2) is 5.79. The first-order valence-corrected chi connectivity index (χ1v) is 7.31. The van der Waals surface area contributed by atoms with E-state index >= 15 is 0 Å². The number of nitrogens with zero attached hydrogens (tertiary/aromatic N) is 1. The van der Waals surface area contributed by atoms with E-state index in [1.54, 1.807) is 6.07 Å². The van der Waals surface area contributed by atoms with Crippen molar-refractivity contribution >= 4 is 5.91 Å². The number of fused-ring (bicyclic) bond motifs is 1. The zero-order chi connectivity index (χ0) is 13.9. The van der Waals surface area contributed by atoms with Crippen LogP contribution in [0.2, 0.25) is 0 Å². The molecule has 3 rings (SSSR count). The van der Waals surface area contributed by atoms with E-state index in [-0.39, 0.29) is 6.10 Å². The smallest absolute Gasteiger partial charge is 0.254 e. The Morgan fingerprint density at radius 3 is 2.90 bits per heavy atom. The number of primary amides is 1. The highest BCUT2D eigenvalue weighted by atomic mass is 16.5. The van der Waals surface area contributed by atoms with E-state index < -0.39 is 5.91 Å². The molecule has 1 amide bonds. The summed E-state index contributed by atoms with van der Waals surface area (Å²) in [5.74, 6) is -0.0817. The zero-order valence-corrected chi connectivity index (χ0v) is 11.6. The van der Waals surface area contributed by atoms with Crippen LogP contribution in [0.1, 0.15) is 53.7 Å². The standard InChI is InChI=1S/C15H20N2O3/c16-14(18)12-8-10-9-19-7-6-13(10)17-15(12)20-11-4-2-1-3-5-11/h8,11H,1-7,9H2,(H2,16,18). The summed E-state index contributed by atoms with van der Waals surface area (Å²) in [6, 6.07) is 1.78. The van der Waals surface area contributed by atoms with Crippen molar-refractivity contribution in [2.45, 2.75) is 51.2 Å². The van der Waals surface area contributed by atoms with Crippen LogP contribution in [0.15, 0.2) is 6.07 Å². The second-order valence-electron chi connectivity index (χ2n) is 5.49. The number of amides is 1. The number of pyridine rings is 1. The lowest BCUT2D eigenvalue weighted by Crippen LogP contribution is -2.24. The Kier molecular flexibility index (Phi) is 3.87. The van der Waals surface area contributed by atoms with Gasteiger partial charge in [0, 0.05) is 12.0 Å². The molecule has 1 aliphatic carbocycles. The fourth-order valence-corrected chi connectivity index (χ4v) is 2.87. The molecule has 1 saturated carbocycles. The maximum absolute atomic E-state index is 11.6. The van der Waals surface area contributed by atoms with Gasteiger partial charge in [-0.1, -0.05) is 6.42 Å². The molecule has 5 nitrogen and oxygen atoms in total. The summed E-state index contributed by atoms with van der Waals surface area (Å²) in [6.07, 6.45) is 6.59. The minimum absolute atomic E-state index is 0.159. The van der Waals surface area contributed by atoms with Crippen molar-refractivity contribution in [1.29, 1.82) is 0 Å². The molecule has 1 fully saturated rings. The third-order valence-electron chi connectivity index (χ3n) is 3.99. The summed E-state index contributed by atoms with van der Waals surface area (Å²) in [7, 11) is 0. The van der Waals surface area contributed by atoms with E-state index in [1.165, 1.54) is 19.3 Å². The van der Waals surface area contributed by atoms with Crippen LogP contribution in [0.4, 0.5) is 0 Å². The van der Waals surface area contributed by atoms with Crippen LogP contribution in [0.3, 0.4) is 0 Å². The fourth-order valence-electron chi connectivity index (χ4n) is 2.87. The van der Waals surface area contributed by atoms with Crippen molar-refractivity contribution < 1.29 is 14.3 Å². The van der Waals surface area contributed by atoms with E-state index in [0.717, 1.165) is 30.5 Å². The van der Waals surface area contributed by atoms with E-state index in [0.29, 0.717) is 24.7 Å². The van der Waals surface area contributed by atoms with Gasteiger partial charge in [-0.25, -0.2) is 4.98 Å². The van der Waals surface area contributed by atoms with Crippen LogP contribution >= 0.6 is 0 Å².